The molecule has 2 heterocycles. The maximum Gasteiger partial charge on any atom is 0.416 e. The number of hydrogen-bond acceptors (Lipinski definition) is 3. The summed E-state index contributed by atoms with van der Waals surface area (Å²) in [6, 6.07) is 9.15. The van der Waals surface area contributed by atoms with E-state index in [9.17, 15) is 18.0 Å². The molecule has 30 heavy (non-hydrogen) atoms. The van der Waals surface area contributed by atoms with E-state index < -0.39 is 11.7 Å². The van der Waals surface area contributed by atoms with E-state index >= 15 is 0 Å². The van der Waals surface area contributed by atoms with Crippen LogP contribution in [-0.4, -0.2) is 32.2 Å². The third-order valence-electron chi connectivity index (χ3n) is 5.73. The lowest BCUT2D eigenvalue weighted by molar-refractivity contribution is -0.138. The SMILES string of the molecule is CCc1cc(N2CCNCC2)c2c(c1)N(Cc1ccccc1C(F)(F)F)C(=O)NC2. The van der Waals surface area contributed by atoms with Gasteiger partial charge in [0, 0.05) is 44.0 Å². The molecule has 0 spiro atoms. The van der Waals surface area contributed by atoms with Crippen molar-refractivity contribution in [3.05, 3.63) is 58.7 Å². The number of anilines is 2. The summed E-state index contributed by atoms with van der Waals surface area (Å²) in [5.74, 6) is 0. The summed E-state index contributed by atoms with van der Waals surface area (Å²) in [6.45, 7) is 5.72. The molecule has 2 aliphatic heterocycles. The largest absolute Gasteiger partial charge is 0.416 e. The van der Waals surface area contributed by atoms with Gasteiger partial charge >= 0.3 is 12.2 Å². The maximum atomic E-state index is 13.5. The summed E-state index contributed by atoms with van der Waals surface area (Å²) in [6.07, 6.45) is -3.69. The molecule has 1 saturated heterocycles. The summed E-state index contributed by atoms with van der Waals surface area (Å²) >= 11 is 0. The second-order valence-electron chi connectivity index (χ2n) is 7.60. The number of benzene rings is 2. The smallest absolute Gasteiger partial charge is 0.369 e. The van der Waals surface area contributed by atoms with Crippen LogP contribution in [0.2, 0.25) is 0 Å². The van der Waals surface area contributed by atoms with Crippen molar-refractivity contribution < 1.29 is 18.0 Å². The van der Waals surface area contributed by atoms with Crippen molar-refractivity contribution in [1.29, 1.82) is 0 Å². The Morgan fingerprint density at radius 1 is 1.07 bits per heavy atom. The quantitative estimate of drug-likeness (QED) is 0.792. The zero-order chi connectivity index (χ0) is 21.3. The molecule has 2 aromatic carbocycles. The van der Waals surface area contributed by atoms with Crippen LogP contribution in [-0.2, 0) is 25.7 Å². The molecule has 0 bridgehead atoms. The topological polar surface area (TPSA) is 47.6 Å². The van der Waals surface area contributed by atoms with Gasteiger partial charge in [-0.15, -0.1) is 0 Å². The first-order valence-corrected chi connectivity index (χ1v) is 10.2. The minimum absolute atomic E-state index is 0.0821. The molecule has 2 amide bonds. The molecule has 160 valence electrons. The van der Waals surface area contributed by atoms with Crippen molar-refractivity contribution in [3.63, 3.8) is 0 Å². The van der Waals surface area contributed by atoms with Crippen molar-refractivity contribution in [1.82, 2.24) is 10.6 Å². The minimum Gasteiger partial charge on any atom is -0.369 e. The van der Waals surface area contributed by atoms with Crippen LogP contribution in [0, 0.1) is 0 Å². The van der Waals surface area contributed by atoms with Gasteiger partial charge in [-0.25, -0.2) is 4.79 Å². The summed E-state index contributed by atoms with van der Waals surface area (Å²) in [5.41, 5.74) is 3.14. The van der Waals surface area contributed by atoms with E-state index in [1.165, 1.54) is 17.0 Å². The van der Waals surface area contributed by atoms with Crippen molar-refractivity contribution in [2.75, 3.05) is 36.0 Å². The zero-order valence-corrected chi connectivity index (χ0v) is 16.9. The summed E-state index contributed by atoms with van der Waals surface area (Å²) in [7, 11) is 0. The average Bonchev–Trinajstić information content (AvgIpc) is 2.75. The van der Waals surface area contributed by atoms with Gasteiger partial charge in [-0.2, -0.15) is 13.2 Å². The predicted octanol–water partition coefficient (Wildman–Crippen LogP) is 3.91. The number of rotatable bonds is 4. The number of nitrogens with one attached hydrogen (secondary N) is 2. The molecule has 0 unspecified atom stereocenters. The molecule has 2 aliphatic rings. The molecule has 0 aromatic heterocycles. The summed E-state index contributed by atoms with van der Waals surface area (Å²) < 4.78 is 40.5. The summed E-state index contributed by atoms with van der Waals surface area (Å²) in [4.78, 5) is 16.4. The lowest BCUT2D eigenvalue weighted by Gasteiger charge is -2.37. The third kappa shape index (κ3) is 3.96. The molecular formula is C22H25F3N4O. The highest BCUT2D eigenvalue weighted by Gasteiger charge is 2.35. The molecule has 1 fully saturated rings. The molecule has 8 heteroatoms. The van der Waals surface area contributed by atoms with E-state index in [0.717, 1.165) is 55.5 Å². The molecule has 0 aliphatic carbocycles. The van der Waals surface area contributed by atoms with Gasteiger partial charge in [0.15, 0.2) is 0 Å². The van der Waals surface area contributed by atoms with Gasteiger partial charge in [0.2, 0.25) is 0 Å². The van der Waals surface area contributed by atoms with Crippen LogP contribution in [0.25, 0.3) is 0 Å². The summed E-state index contributed by atoms with van der Waals surface area (Å²) in [5, 5.41) is 6.18. The fourth-order valence-corrected chi connectivity index (χ4v) is 4.14. The number of carbonyl (C=O) groups excluding carboxylic acids is 1. The first kappa shape index (κ1) is 20.5. The second kappa shape index (κ2) is 8.18. The number of carbonyl (C=O) groups is 1. The van der Waals surface area contributed by atoms with Crippen molar-refractivity contribution in [2.24, 2.45) is 0 Å². The highest BCUT2D eigenvalue weighted by molar-refractivity contribution is 5.96. The van der Waals surface area contributed by atoms with Crippen LogP contribution in [0.15, 0.2) is 36.4 Å². The Hall–Kier alpha value is -2.74. The minimum atomic E-state index is -4.47. The van der Waals surface area contributed by atoms with Crippen molar-refractivity contribution >= 4 is 17.4 Å². The van der Waals surface area contributed by atoms with Crippen molar-refractivity contribution in [2.45, 2.75) is 32.6 Å². The Morgan fingerprint density at radius 2 is 1.77 bits per heavy atom. The molecule has 0 atom stereocenters. The normalized spacial score (nSPS) is 17.0. The van der Waals surface area contributed by atoms with Crippen LogP contribution < -0.4 is 20.4 Å². The number of nitrogens with zero attached hydrogens (tertiary/aromatic N) is 2. The van der Waals surface area contributed by atoms with Gasteiger partial charge in [-0.1, -0.05) is 25.1 Å². The molecule has 2 N–H and O–H groups in total. The van der Waals surface area contributed by atoms with E-state index in [-0.39, 0.29) is 18.1 Å². The Bertz CT molecular complexity index is 938. The fourth-order valence-electron chi connectivity index (χ4n) is 4.14. The standard InChI is InChI=1S/C22H25F3N4O/c1-2-15-11-19(28-9-7-26-8-10-28)17-13-27-21(30)29(20(17)12-15)14-16-5-3-4-6-18(16)22(23,24)25/h3-6,11-12,26H,2,7-10,13-14H2,1H3,(H,27,30). The van der Waals surface area contributed by atoms with Gasteiger partial charge in [0.1, 0.15) is 0 Å². The first-order valence-electron chi connectivity index (χ1n) is 10.2. The Balaban J connectivity index is 1.77. The molecule has 2 aromatic rings. The molecule has 5 nitrogen and oxygen atoms in total. The number of urea groups is 1. The van der Waals surface area contributed by atoms with E-state index in [1.54, 1.807) is 6.07 Å². The maximum absolute atomic E-state index is 13.5. The van der Waals surface area contributed by atoms with Crippen LogP contribution in [0.3, 0.4) is 0 Å². The Labute approximate surface area is 173 Å². The zero-order valence-electron chi connectivity index (χ0n) is 16.9. The first-order chi connectivity index (χ1) is 14.4. The highest BCUT2D eigenvalue weighted by Crippen LogP contribution is 2.38. The predicted molar refractivity (Wildman–Crippen MR) is 111 cm³/mol. The van der Waals surface area contributed by atoms with Crippen LogP contribution in [0.1, 0.15) is 29.2 Å². The third-order valence-corrected chi connectivity index (χ3v) is 5.73. The molecule has 0 radical (unpaired) electrons. The van der Waals surface area contributed by atoms with E-state index in [4.69, 9.17) is 0 Å². The Kier molecular flexibility index (Phi) is 5.60. The number of alkyl halides is 3. The highest BCUT2D eigenvalue weighted by atomic mass is 19.4. The van der Waals surface area contributed by atoms with Gasteiger partial charge < -0.3 is 15.5 Å². The number of piperazine rings is 1. The Morgan fingerprint density at radius 3 is 2.47 bits per heavy atom. The number of aryl methyl sites for hydroxylation is 1. The number of hydrogen-bond donors (Lipinski definition) is 2. The number of halogens is 3. The molecule has 0 saturated carbocycles. The number of amides is 2. The van der Waals surface area contributed by atoms with E-state index in [0.29, 0.717) is 12.2 Å². The lowest BCUT2D eigenvalue weighted by atomic mass is 9.99. The lowest BCUT2D eigenvalue weighted by Crippen LogP contribution is -2.47. The van der Waals surface area contributed by atoms with Gasteiger partial charge in [0.25, 0.3) is 0 Å². The monoisotopic (exact) mass is 418 g/mol. The van der Waals surface area contributed by atoms with E-state index in [2.05, 4.69) is 21.6 Å². The van der Waals surface area contributed by atoms with Crippen LogP contribution >= 0.6 is 0 Å². The van der Waals surface area contributed by atoms with E-state index in [1.807, 2.05) is 13.0 Å². The second-order valence-corrected chi connectivity index (χ2v) is 7.60. The number of fused-ring (bicyclic) bond motifs is 1. The van der Waals surface area contributed by atoms with Crippen molar-refractivity contribution in [3.8, 4) is 0 Å². The van der Waals surface area contributed by atoms with Gasteiger partial charge in [-0.3, -0.25) is 4.90 Å². The molecular weight excluding hydrogens is 393 g/mol. The van der Waals surface area contributed by atoms with Crippen LogP contribution in [0.4, 0.5) is 29.3 Å². The average molecular weight is 418 g/mol. The molecule has 4 rings (SSSR count). The fraction of sp³-hybridized carbons (Fsp3) is 0.409. The van der Waals surface area contributed by atoms with Gasteiger partial charge in [0.05, 0.1) is 17.8 Å². The van der Waals surface area contributed by atoms with Crippen LogP contribution in [0.5, 0.6) is 0 Å². The van der Waals surface area contributed by atoms with Gasteiger partial charge in [-0.05, 0) is 35.7 Å².